The summed E-state index contributed by atoms with van der Waals surface area (Å²) in [6.07, 6.45) is 7.20. The molecule has 3 rings (SSSR count). The lowest BCUT2D eigenvalue weighted by atomic mass is 10.1. The molecule has 0 spiro atoms. The minimum atomic E-state index is 0.342. The maximum atomic E-state index is 12.4. The maximum absolute atomic E-state index is 12.4. The molecule has 0 aromatic carbocycles. The molecule has 1 saturated heterocycles. The number of carbonyl (C=O) groups is 1. The van der Waals surface area contributed by atoms with E-state index in [4.69, 9.17) is 10.5 Å². The lowest BCUT2D eigenvalue weighted by molar-refractivity contribution is -0.136. The number of nitrogens with two attached hydrogens (primary N) is 1. The highest BCUT2D eigenvalue weighted by Gasteiger charge is 2.57. The number of carbonyl (C=O) groups excluding carboxylic acids is 1. The first kappa shape index (κ1) is 13.4. The van der Waals surface area contributed by atoms with Gasteiger partial charge in [0.1, 0.15) is 0 Å². The quantitative estimate of drug-likeness (QED) is 0.765. The summed E-state index contributed by atoms with van der Waals surface area (Å²) in [7, 11) is 0. The van der Waals surface area contributed by atoms with Crippen molar-refractivity contribution in [2.24, 2.45) is 23.5 Å². The molecular weight excluding hydrogens is 240 g/mol. The number of nitrogens with zero attached hydrogens (tertiary/aromatic N) is 1. The van der Waals surface area contributed by atoms with Crippen LogP contribution >= 0.6 is 0 Å². The second kappa shape index (κ2) is 5.80. The van der Waals surface area contributed by atoms with E-state index in [-0.39, 0.29) is 0 Å². The van der Waals surface area contributed by atoms with Crippen molar-refractivity contribution < 1.29 is 9.53 Å². The molecule has 1 heterocycles. The summed E-state index contributed by atoms with van der Waals surface area (Å²) in [5, 5.41) is 0. The third kappa shape index (κ3) is 2.79. The molecule has 4 heteroatoms. The number of ether oxygens (including phenoxy) is 1. The van der Waals surface area contributed by atoms with Crippen molar-refractivity contribution in [1.82, 2.24) is 4.90 Å². The monoisotopic (exact) mass is 266 g/mol. The molecule has 4 nitrogen and oxygen atoms in total. The molecule has 1 aliphatic heterocycles. The fourth-order valence-electron chi connectivity index (χ4n) is 3.97. The average molecular weight is 266 g/mol. The molecule has 108 valence electrons. The molecule has 0 radical (unpaired) electrons. The van der Waals surface area contributed by atoms with Crippen molar-refractivity contribution >= 4 is 5.91 Å². The summed E-state index contributed by atoms with van der Waals surface area (Å²) in [6.45, 7) is 3.24. The van der Waals surface area contributed by atoms with Crippen LogP contribution in [-0.4, -0.2) is 43.2 Å². The van der Waals surface area contributed by atoms with Gasteiger partial charge in [-0.3, -0.25) is 4.79 Å². The Morgan fingerprint density at radius 1 is 1.16 bits per heavy atom. The molecular formula is C15H26N2O2. The van der Waals surface area contributed by atoms with E-state index >= 15 is 0 Å². The van der Waals surface area contributed by atoms with Gasteiger partial charge in [0.25, 0.3) is 0 Å². The van der Waals surface area contributed by atoms with Gasteiger partial charge in [-0.15, -0.1) is 0 Å². The van der Waals surface area contributed by atoms with Gasteiger partial charge >= 0.3 is 0 Å². The number of hydrogen-bond acceptors (Lipinski definition) is 3. The first-order chi connectivity index (χ1) is 9.31. The van der Waals surface area contributed by atoms with Crippen molar-refractivity contribution in [2.75, 3.05) is 26.2 Å². The van der Waals surface area contributed by atoms with Crippen molar-refractivity contribution in [3.05, 3.63) is 0 Å². The Kier molecular flexibility index (Phi) is 4.08. The van der Waals surface area contributed by atoms with Gasteiger partial charge in [0.15, 0.2) is 0 Å². The topological polar surface area (TPSA) is 55.6 Å². The summed E-state index contributed by atoms with van der Waals surface area (Å²) in [5.41, 5.74) is 5.46. The zero-order valence-corrected chi connectivity index (χ0v) is 11.7. The first-order valence-electron chi connectivity index (χ1n) is 7.91. The second-order valence-electron chi connectivity index (χ2n) is 6.32. The lowest BCUT2D eigenvalue weighted by Gasteiger charge is -2.32. The highest BCUT2D eigenvalue weighted by molar-refractivity contribution is 5.82. The van der Waals surface area contributed by atoms with Crippen molar-refractivity contribution in [3.63, 3.8) is 0 Å². The molecule has 3 aliphatic rings. The van der Waals surface area contributed by atoms with E-state index in [1.165, 1.54) is 19.3 Å². The number of fused-ring (bicyclic) bond motifs is 1. The van der Waals surface area contributed by atoms with E-state index in [1.807, 2.05) is 0 Å². The van der Waals surface area contributed by atoms with Crippen LogP contribution in [0.3, 0.4) is 0 Å². The normalized spacial score (nSPS) is 34.4. The van der Waals surface area contributed by atoms with Gasteiger partial charge in [0.2, 0.25) is 5.91 Å². The average Bonchev–Trinajstić information content (AvgIpc) is 2.91. The van der Waals surface area contributed by atoms with Gasteiger partial charge in [-0.05, 0) is 50.5 Å². The molecule has 2 saturated carbocycles. The van der Waals surface area contributed by atoms with Gasteiger partial charge < -0.3 is 15.4 Å². The Morgan fingerprint density at radius 2 is 1.84 bits per heavy atom. The van der Waals surface area contributed by atoms with Crippen LogP contribution in [0.1, 0.15) is 38.5 Å². The summed E-state index contributed by atoms with van der Waals surface area (Å²) >= 11 is 0. The van der Waals surface area contributed by atoms with E-state index in [0.717, 1.165) is 50.8 Å². The van der Waals surface area contributed by atoms with E-state index in [0.29, 0.717) is 24.5 Å². The van der Waals surface area contributed by atoms with Crippen LogP contribution in [0, 0.1) is 17.8 Å². The fraction of sp³-hybridized carbons (Fsp3) is 0.933. The first-order valence-corrected chi connectivity index (χ1v) is 7.91. The van der Waals surface area contributed by atoms with E-state index < -0.39 is 0 Å². The number of hydrogen-bond donors (Lipinski definition) is 1. The maximum Gasteiger partial charge on any atom is 0.226 e. The van der Waals surface area contributed by atoms with E-state index in [9.17, 15) is 4.79 Å². The van der Waals surface area contributed by atoms with Crippen LogP contribution in [0.2, 0.25) is 0 Å². The summed E-state index contributed by atoms with van der Waals surface area (Å²) in [6, 6.07) is 0. The molecule has 2 atom stereocenters. The number of amides is 1. The summed E-state index contributed by atoms with van der Waals surface area (Å²) in [4.78, 5) is 14.5. The summed E-state index contributed by atoms with van der Waals surface area (Å²) < 4.78 is 5.78. The largest absolute Gasteiger partial charge is 0.378 e. The van der Waals surface area contributed by atoms with Gasteiger partial charge in [-0.1, -0.05) is 6.42 Å². The van der Waals surface area contributed by atoms with Crippen molar-refractivity contribution in [2.45, 2.75) is 44.6 Å². The summed E-state index contributed by atoms with van der Waals surface area (Å²) in [5.74, 6) is 2.32. The zero-order chi connectivity index (χ0) is 13.2. The van der Waals surface area contributed by atoms with E-state index in [1.54, 1.807) is 0 Å². The second-order valence-corrected chi connectivity index (χ2v) is 6.32. The van der Waals surface area contributed by atoms with Gasteiger partial charge in [0, 0.05) is 25.6 Å². The van der Waals surface area contributed by atoms with Crippen LogP contribution in [0.5, 0.6) is 0 Å². The van der Waals surface area contributed by atoms with E-state index in [2.05, 4.69) is 4.90 Å². The highest BCUT2D eigenvalue weighted by Crippen LogP contribution is 2.58. The Balaban J connectivity index is 1.39. The van der Waals surface area contributed by atoms with Crippen LogP contribution in [0.25, 0.3) is 0 Å². The van der Waals surface area contributed by atoms with Crippen molar-refractivity contribution in [3.8, 4) is 0 Å². The minimum absolute atomic E-state index is 0.342. The molecule has 0 unspecified atom stereocenters. The molecule has 0 aromatic rings. The van der Waals surface area contributed by atoms with Crippen LogP contribution in [-0.2, 0) is 9.53 Å². The number of piperidine rings is 1. The zero-order valence-electron chi connectivity index (χ0n) is 11.7. The smallest absolute Gasteiger partial charge is 0.226 e. The molecule has 0 bridgehead atoms. The Bertz CT molecular complexity index is 316. The van der Waals surface area contributed by atoms with Gasteiger partial charge in [-0.2, -0.15) is 0 Å². The fourth-order valence-corrected chi connectivity index (χ4v) is 3.97. The Labute approximate surface area is 115 Å². The lowest BCUT2D eigenvalue weighted by Crippen LogP contribution is -2.42. The molecule has 2 N–H and O–H groups in total. The van der Waals surface area contributed by atoms with Crippen LogP contribution in [0.15, 0.2) is 0 Å². The number of likely N-dealkylation sites (tertiary alicyclic amines) is 1. The predicted octanol–water partition coefficient (Wildman–Crippen LogP) is 1.39. The molecule has 2 aliphatic carbocycles. The molecule has 0 aromatic heterocycles. The molecule has 1 amide bonds. The third-order valence-corrected chi connectivity index (χ3v) is 5.15. The van der Waals surface area contributed by atoms with Crippen LogP contribution in [0.4, 0.5) is 0 Å². The molecule has 19 heavy (non-hydrogen) atoms. The predicted molar refractivity (Wildman–Crippen MR) is 73.5 cm³/mol. The van der Waals surface area contributed by atoms with Gasteiger partial charge in [0.05, 0.1) is 6.10 Å². The molecule has 3 fully saturated rings. The SMILES string of the molecule is NCCCOC1CCN(C(=O)C2[C@@H]3CCC[C@@H]23)CC1. The third-order valence-electron chi connectivity index (χ3n) is 5.15. The highest BCUT2D eigenvalue weighted by atomic mass is 16.5. The Morgan fingerprint density at radius 3 is 2.47 bits per heavy atom. The van der Waals surface area contributed by atoms with Crippen LogP contribution < -0.4 is 5.73 Å². The Hall–Kier alpha value is -0.610. The minimum Gasteiger partial charge on any atom is -0.378 e. The van der Waals surface area contributed by atoms with Crippen molar-refractivity contribution in [1.29, 1.82) is 0 Å². The van der Waals surface area contributed by atoms with Gasteiger partial charge in [-0.25, -0.2) is 0 Å². The standard InChI is InChI=1S/C15H26N2O2/c16-7-2-10-19-11-5-8-17(9-6-11)15(18)14-12-3-1-4-13(12)14/h11-14H,1-10,16H2/t12-,13-/m1/s1. The number of rotatable bonds is 5.